The molecule has 0 aromatic heterocycles. The van der Waals surface area contributed by atoms with Gasteiger partial charge in [-0.05, 0) is 31.0 Å². The largest absolute Gasteiger partial charge is 0.396 e. The summed E-state index contributed by atoms with van der Waals surface area (Å²) in [6, 6.07) is 4.98. The number of halogens is 1. The molecule has 2 aliphatic heterocycles. The molecule has 3 N–H and O–H groups in total. The summed E-state index contributed by atoms with van der Waals surface area (Å²) in [5.41, 5.74) is -0.217. The Labute approximate surface area is 140 Å². The van der Waals surface area contributed by atoms with Crippen LogP contribution in [0.4, 0.5) is 0 Å². The second-order valence-corrected chi connectivity index (χ2v) is 5.83. The van der Waals surface area contributed by atoms with Gasteiger partial charge in [-0.1, -0.05) is 11.6 Å². The van der Waals surface area contributed by atoms with E-state index in [1.807, 2.05) is 0 Å². The molecule has 0 aliphatic carbocycles. The molecular weight excluding hydrogens is 336 g/mol. The Kier molecular flexibility index (Phi) is 4.61. The van der Waals surface area contributed by atoms with Gasteiger partial charge in [-0.25, -0.2) is 9.78 Å². The van der Waals surface area contributed by atoms with Crippen LogP contribution in [0.3, 0.4) is 0 Å². The average Bonchev–Trinajstić information content (AvgIpc) is 2.52. The van der Waals surface area contributed by atoms with Crippen LogP contribution in [0.2, 0.25) is 5.02 Å². The summed E-state index contributed by atoms with van der Waals surface area (Å²) in [6.45, 7) is 0.158. The van der Waals surface area contributed by atoms with Crippen LogP contribution in [0.5, 0.6) is 0 Å². The molecule has 0 fully saturated rings. The molecule has 2 heterocycles. The van der Waals surface area contributed by atoms with Crippen LogP contribution in [-0.2, 0) is 6.54 Å². The Morgan fingerprint density at radius 3 is 2.79 bits per heavy atom. The van der Waals surface area contributed by atoms with Crippen LogP contribution in [-0.4, -0.2) is 42.4 Å². The molecule has 24 heavy (non-hydrogen) atoms. The molecule has 0 spiro atoms. The van der Waals surface area contributed by atoms with Gasteiger partial charge in [0.05, 0.1) is 17.1 Å². The highest BCUT2D eigenvalue weighted by atomic mass is 35.5. The number of fused-ring (bicyclic) bond motifs is 2. The number of nitrogens with zero attached hydrogens (tertiary/aromatic N) is 3. The molecule has 0 radical (unpaired) electrons. The summed E-state index contributed by atoms with van der Waals surface area (Å²) in [7, 11) is 0. The van der Waals surface area contributed by atoms with Crippen LogP contribution in [0.15, 0.2) is 27.8 Å². The smallest absolute Gasteiger partial charge is 0.349 e. The third-order valence-electron chi connectivity index (χ3n) is 3.72. The van der Waals surface area contributed by atoms with E-state index in [0.717, 1.165) is 0 Å². The summed E-state index contributed by atoms with van der Waals surface area (Å²) < 4.78 is 1.64. The highest BCUT2D eigenvalue weighted by Gasteiger charge is 2.19. The zero-order chi connectivity index (χ0) is 17.3. The monoisotopic (exact) mass is 350 g/mol. The number of nitrogens with one attached hydrogen (secondary N) is 1. The second-order valence-electron chi connectivity index (χ2n) is 5.39. The number of aliphatic hydroxyl groups excluding tert-OH is 2. The van der Waals surface area contributed by atoms with Crippen molar-refractivity contribution in [2.75, 3.05) is 6.61 Å². The Hall–Kier alpha value is -2.29. The van der Waals surface area contributed by atoms with E-state index in [-0.39, 0.29) is 31.1 Å². The van der Waals surface area contributed by atoms with Crippen molar-refractivity contribution < 1.29 is 10.2 Å². The molecule has 2 aliphatic rings. The van der Waals surface area contributed by atoms with Gasteiger partial charge < -0.3 is 14.8 Å². The Bertz CT molecular complexity index is 968. The molecule has 0 amide bonds. The summed E-state index contributed by atoms with van der Waals surface area (Å²) in [6.07, 6.45) is -0.161. The van der Waals surface area contributed by atoms with Crippen LogP contribution in [0.1, 0.15) is 12.8 Å². The summed E-state index contributed by atoms with van der Waals surface area (Å²) in [4.78, 5) is 33.8. The van der Waals surface area contributed by atoms with Crippen molar-refractivity contribution in [3.63, 3.8) is 0 Å². The SMILES string of the molecule is O=c1nc2n(CC[C@H](O)CCO)c3cc(Cl)ccc3nc-2c(=O)[nH]1. The minimum atomic E-state index is -0.764. The van der Waals surface area contributed by atoms with Crippen molar-refractivity contribution in [3.05, 3.63) is 44.1 Å². The van der Waals surface area contributed by atoms with Gasteiger partial charge in [-0.3, -0.25) is 9.78 Å². The lowest BCUT2D eigenvalue weighted by atomic mass is 10.2. The minimum Gasteiger partial charge on any atom is -0.396 e. The number of aryl methyl sites for hydroxylation is 1. The van der Waals surface area contributed by atoms with Gasteiger partial charge in [0.2, 0.25) is 0 Å². The topological polar surface area (TPSA) is 121 Å². The van der Waals surface area contributed by atoms with Gasteiger partial charge in [0.1, 0.15) is 0 Å². The molecule has 1 atom stereocenters. The van der Waals surface area contributed by atoms with Gasteiger partial charge in [0.15, 0.2) is 11.5 Å². The minimum absolute atomic E-state index is 0.0427. The molecule has 0 unspecified atom stereocenters. The fourth-order valence-electron chi connectivity index (χ4n) is 2.56. The third kappa shape index (κ3) is 3.16. The zero-order valence-electron chi connectivity index (χ0n) is 12.6. The van der Waals surface area contributed by atoms with Crippen molar-refractivity contribution in [3.8, 4) is 11.5 Å². The molecule has 8 nitrogen and oxygen atoms in total. The van der Waals surface area contributed by atoms with Crippen molar-refractivity contribution in [2.24, 2.45) is 0 Å². The van der Waals surface area contributed by atoms with Crippen LogP contribution in [0, 0.1) is 0 Å². The standard InChI is InChI=1S/C15H15ClN4O4/c16-8-1-2-10-11(7-8)20(5-3-9(22)4-6-21)13-12(17-10)14(23)19-15(24)18-13/h1-2,7,9,21-22H,3-6H2,(H,19,23,24)/t9-/m0/s1. The van der Waals surface area contributed by atoms with Gasteiger partial charge in [0, 0.05) is 18.2 Å². The van der Waals surface area contributed by atoms with E-state index in [9.17, 15) is 14.7 Å². The Morgan fingerprint density at radius 1 is 1.25 bits per heavy atom. The van der Waals surface area contributed by atoms with Crippen LogP contribution in [0.25, 0.3) is 22.6 Å². The highest BCUT2D eigenvalue weighted by Crippen LogP contribution is 2.24. The van der Waals surface area contributed by atoms with E-state index < -0.39 is 17.4 Å². The fraction of sp³-hybridized carbons (Fsp3) is 0.333. The molecule has 126 valence electrons. The molecule has 1 aromatic carbocycles. The van der Waals surface area contributed by atoms with Crippen LogP contribution >= 0.6 is 11.6 Å². The predicted octanol–water partition coefficient (Wildman–Crippen LogP) is 0.371. The summed E-state index contributed by atoms with van der Waals surface area (Å²) in [5.74, 6) is 0.134. The lowest BCUT2D eigenvalue weighted by Gasteiger charge is -2.18. The summed E-state index contributed by atoms with van der Waals surface area (Å²) in [5, 5.41) is 19.2. The molecule has 9 heteroatoms. The zero-order valence-corrected chi connectivity index (χ0v) is 13.3. The number of benzene rings is 1. The van der Waals surface area contributed by atoms with Crippen LogP contribution < -0.4 is 11.2 Å². The maximum Gasteiger partial charge on any atom is 0.349 e. The van der Waals surface area contributed by atoms with E-state index in [1.54, 1.807) is 22.8 Å². The number of aliphatic hydroxyl groups is 2. The number of hydrogen-bond donors (Lipinski definition) is 3. The van der Waals surface area contributed by atoms with E-state index >= 15 is 0 Å². The molecular formula is C15H15ClN4O4. The predicted molar refractivity (Wildman–Crippen MR) is 88.4 cm³/mol. The number of aromatic amines is 1. The maximum atomic E-state index is 12.0. The first-order valence-corrected chi connectivity index (χ1v) is 7.76. The lowest BCUT2D eigenvalue weighted by molar-refractivity contribution is 0.121. The third-order valence-corrected chi connectivity index (χ3v) is 3.95. The van der Waals surface area contributed by atoms with E-state index in [1.165, 1.54) is 0 Å². The van der Waals surface area contributed by atoms with E-state index in [2.05, 4.69) is 15.0 Å². The van der Waals surface area contributed by atoms with Crippen molar-refractivity contribution in [1.29, 1.82) is 0 Å². The van der Waals surface area contributed by atoms with Gasteiger partial charge in [0.25, 0.3) is 5.56 Å². The molecule has 0 saturated carbocycles. The molecule has 0 bridgehead atoms. The molecule has 1 aromatic rings. The maximum absolute atomic E-state index is 12.0. The van der Waals surface area contributed by atoms with E-state index in [0.29, 0.717) is 22.5 Å². The average molecular weight is 351 g/mol. The normalized spacial score (nSPS) is 12.8. The number of H-pyrrole nitrogens is 1. The molecule has 0 saturated heterocycles. The first-order valence-electron chi connectivity index (χ1n) is 7.38. The number of rotatable bonds is 5. The van der Waals surface area contributed by atoms with Gasteiger partial charge >= 0.3 is 5.69 Å². The van der Waals surface area contributed by atoms with E-state index in [4.69, 9.17) is 16.7 Å². The van der Waals surface area contributed by atoms with Crippen molar-refractivity contribution in [2.45, 2.75) is 25.5 Å². The highest BCUT2D eigenvalue weighted by molar-refractivity contribution is 6.31. The Morgan fingerprint density at radius 2 is 2.04 bits per heavy atom. The number of hydrogen-bond acceptors (Lipinski definition) is 6. The van der Waals surface area contributed by atoms with Crippen molar-refractivity contribution in [1.82, 2.24) is 19.5 Å². The fourth-order valence-corrected chi connectivity index (χ4v) is 2.73. The molecule has 3 rings (SSSR count). The second kappa shape index (κ2) is 6.68. The van der Waals surface area contributed by atoms with Gasteiger partial charge in [-0.2, -0.15) is 4.98 Å². The lowest BCUT2D eigenvalue weighted by Crippen LogP contribution is -2.29. The van der Waals surface area contributed by atoms with Gasteiger partial charge in [-0.15, -0.1) is 0 Å². The first-order chi connectivity index (χ1) is 11.5. The first kappa shape index (κ1) is 16.6. The van der Waals surface area contributed by atoms with Crippen molar-refractivity contribution >= 4 is 22.6 Å². The number of aromatic nitrogens is 4. The quantitative estimate of drug-likeness (QED) is 0.572. The Balaban J connectivity index is 2.22. The summed E-state index contributed by atoms with van der Waals surface area (Å²) >= 11 is 6.04.